The minimum absolute atomic E-state index is 0.134. The standard InChI is InChI=1S/C24H21ClN2O3/c1-27(15-16-9-11-19(25)12-10-16)24(29)18-6-4-7-20(13-18)26-23(28)22-14-17-5-2-3-8-21(17)30-22/h2-13,22H,14-15H2,1H3,(H,26,28). The fourth-order valence-corrected chi connectivity index (χ4v) is 3.56. The molecular weight excluding hydrogens is 400 g/mol. The van der Waals surface area contributed by atoms with Crippen LogP contribution in [0.3, 0.4) is 0 Å². The van der Waals surface area contributed by atoms with Crippen LogP contribution in [0.25, 0.3) is 0 Å². The lowest BCUT2D eigenvalue weighted by Gasteiger charge is -2.18. The molecule has 0 aromatic heterocycles. The summed E-state index contributed by atoms with van der Waals surface area (Å²) in [5.74, 6) is 0.376. The lowest BCUT2D eigenvalue weighted by molar-refractivity contribution is -0.122. The molecule has 1 aliphatic heterocycles. The molecule has 3 aromatic rings. The normalized spacial score (nSPS) is 14.5. The smallest absolute Gasteiger partial charge is 0.265 e. The zero-order chi connectivity index (χ0) is 21.1. The van der Waals surface area contributed by atoms with Gasteiger partial charge >= 0.3 is 0 Å². The summed E-state index contributed by atoms with van der Waals surface area (Å²) in [5.41, 5.74) is 3.06. The van der Waals surface area contributed by atoms with E-state index in [1.807, 2.05) is 36.4 Å². The third-order valence-corrected chi connectivity index (χ3v) is 5.25. The van der Waals surface area contributed by atoms with Gasteiger partial charge in [-0.15, -0.1) is 0 Å². The highest BCUT2D eigenvalue weighted by Gasteiger charge is 2.28. The molecule has 3 aromatic carbocycles. The minimum atomic E-state index is -0.575. The average Bonchev–Trinajstić information content (AvgIpc) is 3.19. The first-order valence-electron chi connectivity index (χ1n) is 9.65. The Balaban J connectivity index is 1.40. The highest BCUT2D eigenvalue weighted by molar-refractivity contribution is 6.30. The number of benzene rings is 3. The van der Waals surface area contributed by atoms with Crippen LogP contribution < -0.4 is 10.1 Å². The Morgan fingerprint density at radius 3 is 2.60 bits per heavy atom. The lowest BCUT2D eigenvalue weighted by Crippen LogP contribution is -2.31. The van der Waals surface area contributed by atoms with Crippen LogP contribution in [0.4, 0.5) is 5.69 Å². The largest absolute Gasteiger partial charge is 0.480 e. The molecule has 4 rings (SSSR count). The Bertz CT molecular complexity index is 1060. The van der Waals surface area contributed by atoms with Crippen LogP contribution in [0.1, 0.15) is 21.5 Å². The number of nitrogens with zero attached hydrogens (tertiary/aromatic N) is 1. The summed E-state index contributed by atoms with van der Waals surface area (Å²) in [7, 11) is 1.74. The summed E-state index contributed by atoms with van der Waals surface area (Å²) < 4.78 is 5.74. The molecule has 30 heavy (non-hydrogen) atoms. The number of anilines is 1. The Morgan fingerprint density at radius 2 is 1.83 bits per heavy atom. The van der Waals surface area contributed by atoms with Crippen molar-refractivity contribution in [2.24, 2.45) is 0 Å². The Labute approximate surface area is 180 Å². The zero-order valence-corrected chi connectivity index (χ0v) is 17.2. The molecule has 0 bridgehead atoms. The maximum Gasteiger partial charge on any atom is 0.265 e. The van der Waals surface area contributed by atoms with Crippen LogP contribution in [-0.2, 0) is 17.8 Å². The minimum Gasteiger partial charge on any atom is -0.480 e. The van der Waals surface area contributed by atoms with E-state index in [2.05, 4.69) is 5.32 Å². The van der Waals surface area contributed by atoms with E-state index in [9.17, 15) is 9.59 Å². The number of para-hydroxylation sites is 1. The van der Waals surface area contributed by atoms with Crippen LogP contribution in [0.5, 0.6) is 5.75 Å². The average molecular weight is 421 g/mol. The lowest BCUT2D eigenvalue weighted by atomic mass is 10.1. The highest BCUT2D eigenvalue weighted by Crippen LogP contribution is 2.28. The van der Waals surface area contributed by atoms with Gasteiger partial charge in [-0.3, -0.25) is 9.59 Å². The number of halogens is 1. The van der Waals surface area contributed by atoms with Gasteiger partial charge in [-0.25, -0.2) is 0 Å². The summed E-state index contributed by atoms with van der Waals surface area (Å²) in [6, 6.07) is 21.9. The second-order valence-electron chi connectivity index (χ2n) is 7.28. The SMILES string of the molecule is CN(Cc1ccc(Cl)cc1)C(=O)c1cccc(NC(=O)C2Cc3ccccc3O2)c1. The molecule has 0 saturated carbocycles. The highest BCUT2D eigenvalue weighted by atomic mass is 35.5. The molecule has 0 saturated heterocycles. The number of hydrogen-bond acceptors (Lipinski definition) is 3. The van der Waals surface area contributed by atoms with E-state index in [4.69, 9.17) is 16.3 Å². The predicted octanol–water partition coefficient (Wildman–Crippen LogP) is 4.55. The topological polar surface area (TPSA) is 58.6 Å². The Morgan fingerprint density at radius 1 is 1.07 bits per heavy atom. The van der Waals surface area contributed by atoms with Gasteiger partial charge in [-0.2, -0.15) is 0 Å². The molecule has 0 radical (unpaired) electrons. The van der Waals surface area contributed by atoms with E-state index in [1.165, 1.54) is 0 Å². The molecule has 1 N–H and O–H groups in total. The number of hydrogen-bond donors (Lipinski definition) is 1. The van der Waals surface area contributed by atoms with Crippen molar-refractivity contribution < 1.29 is 14.3 Å². The van der Waals surface area contributed by atoms with E-state index >= 15 is 0 Å². The van der Waals surface area contributed by atoms with Gasteiger partial charge in [-0.1, -0.05) is 48.0 Å². The molecule has 0 aliphatic carbocycles. The number of ether oxygens (including phenoxy) is 1. The maximum absolute atomic E-state index is 12.8. The number of rotatable bonds is 5. The first kappa shape index (κ1) is 20.0. The van der Waals surface area contributed by atoms with Crippen molar-refractivity contribution in [1.29, 1.82) is 0 Å². The molecule has 0 spiro atoms. The summed E-state index contributed by atoms with van der Waals surface area (Å²) in [6.07, 6.45) is -0.0425. The molecule has 5 nitrogen and oxygen atoms in total. The van der Waals surface area contributed by atoms with E-state index in [1.54, 1.807) is 48.3 Å². The first-order valence-corrected chi connectivity index (χ1v) is 10.0. The van der Waals surface area contributed by atoms with Crippen molar-refractivity contribution in [1.82, 2.24) is 4.90 Å². The quantitative estimate of drug-likeness (QED) is 0.658. The van der Waals surface area contributed by atoms with Gasteiger partial charge < -0.3 is 15.0 Å². The molecule has 2 amide bonds. The molecule has 152 valence electrons. The van der Waals surface area contributed by atoms with Crippen molar-refractivity contribution in [3.63, 3.8) is 0 Å². The van der Waals surface area contributed by atoms with Gasteiger partial charge in [0.25, 0.3) is 11.8 Å². The van der Waals surface area contributed by atoms with Crippen molar-refractivity contribution >= 4 is 29.1 Å². The van der Waals surface area contributed by atoms with Gasteiger partial charge in [-0.05, 0) is 47.5 Å². The zero-order valence-electron chi connectivity index (χ0n) is 16.5. The number of amides is 2. The van der Waals surface area contributed by atoms with E-state index in [0.29, 0.717) is 29.2 Å². The van der Waals surface area contributed by atoms with Crippen molar-refractivity contribution in [2.75, 3.05) is 12.4 Å². The summed E-state index contributed by atoms with van der Waals surface area (Å²) in [5, 5.41) is 3.52. The van der Waals surface area contributed by atoms with Crippen LogP contribution in [0.15, 0.2) is 72.8 Å². The third kappa shape index (κ3) is 4.47. The van der Waals surface area contributed by atoms with E-state index in [0.717, 1.165) is 16.9 Å². The number of fused-ring (bicyclic) bond motifs is 1. The monoisotopic (exact) mass is 420 g/mol. The maximum atomic E-state index is 12.8. The van der Waals surface area contributed by atoms with Crippen LogP contribution in [0, 0.1) is 0 Å². The Kier molecular flexibility index (Phi) is 5.72. The predicted molar refractivity (Wildman–Crippen MR) is 117 cm³/mol. The number of carbonyl (C=O) groups is 2. The first-order chi connectivity index (χ1) is 14.5. The second-order valence-corrected chi connectivity index (χ2v) is 7.71. The molecule has 1 atom stereocenters. The summed E-state index contributed by atoms with van der Waals surface area (Å²) in [6.45, 7) is 0.459. The number of carbonyl (C=O) groups excluding carboxylic acids is 2. The molecule has 1 heterocycles. The van der Waals surface area contributed by atoms with E-state index in [-0.39, 0.29) is 11.8 Å². The number of nitrogens with one attached hydrogen (secondary N) is 1. The summed E-state index contributed by atoms with van der Waals surface area (Å²) in [4.78, 5) is 27.1. The Hall–Kier alpha value is -3.31. The van der Waals surface area contributed by atoms with Crippen molar-refractivity contribution in [3.05, 3.63) is 94.5 Å². The second kappa shape index (κ2) is 8.59. The van der Waals surface area contributed by atoms with Crippen LogP contribution in [-0.4, -0.2) is 29.9 Å². The fraction of sp³-hybridized carbons (Fsp3) is 0.167. The van der Waals surface area contributed by atoms with Crippen molar-refractivity contribution in [2.45, 2.75) is 19.1 Å². The van der Waals surface area contributed by atoms with Gasteiger partial charge in [0.1, 0.15) is 5.75 Å². The van der Waals surface area contributed by atoms with Gasteiger partial charge in [0.2, 0.25) is 0 Å². The van der Waals surface area contributed by atoms with Gasteiger partial charge in [0.15, 0.2) is 6.10 Å². The van der Waals surface area contributed by atoms with Crippen LogP contribution in [0.2, 0.25) is 5.02 Å². The molecular formula is C24H21ClN2O3. The van der Waals surface area contributed by atoms with Gasteiger partial charge in [0, 0.05) is 36.3 Å². The molecule has 6 heteroatoms. The molecule has 0 fully saturated rings. The fourth-order valence-electron chi connectivity index (χ4n) is 3.44. The molecule has 1 aliphatic rings. The van der Waals surface area contributed by atoms with Crippen molar-refractivity contribution in [3.8, 4) is 5.75 Å². The summed E-state index contributed by atoms with van der Waals surface area (Å²) >= 11 is 5.92. The van der Waals surface area contributed by atoms with Gasteiger partial charge in [0.05, 0.1) is 0 Å². The molecule has 1 unspecified atom stereocenters. The van der Waals surface area contributed by atoms with E-state index < -0.39 is 6.10 Å². The third-order valence-electron chi connectivity index (χ3n) is 5.00. The van der Waals surface area contributed by atoms with Crippen LogP contribution >= 0.6 is 11.6 Å².